The first-order valence-electron chi connectivity index (χ1n) is 7.12. The van der Waals surface area contributed by atoms with Crippen LogP contribution in [-0.4, -0.2) is 39.9 Å². The molecule has 1 aliphatic rings. The van der Waals surface area contributed by atoms with E-state index < -0.39 is 0 Å². The molecule has 21 heavy (non-hydrogen) atoms. The van der Waals surface area contributed by atoms with Crippen LogP contribution >= 0.6 is 0 Å². The lowest BCUT2D eigenvalue weighted by atomic mass is 10.2. The lowest BCUT2D eigenvalue weighted by Gasteiger charge is -2.16. The van der Waals surface area contributed by atoms with E-state index in [1.165, 1.54) is 19.9 Å². The highest BCUT2D eigenvalue weighted by atomic mass is 15.3. The van der Waals surface area contributed by atoms with E-state index in [4.69, 9.17) is 5.73 Å². The second-order valence-electron chi connectivity index (χ2n) is 4.96. The summed E-state index contributed by atoms with van der Waals surface area (Å²) in [6, 6.07) is 3.99. The molecular weight excluding hydrogens is 266 g/mol. The highest BCUT2D eigenvalue weighted by molar-refractivity contribution is 5.61. The minimum Gasteiger partial charge on any atom is -0.368 e. The van der Waals surface area contributed by atoms with Crippen LogP contribution in [0.3, 0.4) is 0 Å². The second-order valence-corrected chi connectivity index (χ2v) is 4.96. The molecule has 1 saturated heterocycles. The van der Waals surface area contributed by atoms with Gasteiger partial charge in [0.25, 0.3) is 0 Å². The standard InChI is InChI=1S/C13H18N6.CH5N/c1-9-7-11(17-18(9)2)10-8-12(16-13(14)15-10)19-5-3-4-6-19;1-2/h7-8H,3-6H2,1-2H3,(H2,14,15,16);2H2,1H3. The molecule has 3 heterocycles. The molecule has 1 fully saturated rings. The maximum atomic E-state index is 5.83. The molecule has 1 aliphatic heterocycles. The Morgan fingerprint density at radius 3 is 2.29 bits per heavy atom. The van der Waals surface area contributed by atoms with Crippen molar-refractivity contribution in [3.05, 3.63) is 17.8 Å². The van der Waals surface area contributed by atoms with Gasteiger partial charge in [0.2, 0.25) is 5.95 Å². The van der Waals surface area contributed by atoms with E-state index in [0.29, 0.717) is 5.95 Å². The lowest BCUT2D eigenvalue weighted by molar-refractivity contribution is 0.742. The van der Waals surface area contributed by atoms with Crippen LogP contribution in [0.25, 0.3) is 11.4 Å². The van der Waals surface area contributed by atoms with E-state index in [9.17, 15) is 0 Å². The van der Waals surface area contributed by atoms with E-state index in [0.717, 1.165) is 36.0 Å². The van der Waals surface area contributed by atoms with Crippen molar-refractivity contribution < 1.29 is 0 Å². The van der Waals surface area contributed by atoms with Crippen LogP contribution in [0.15, 0.2) is 12.1 Å². The number of nitrogens with zero attached hydrogens (tertiary/aromatic N) is 5. The molecular formula is C14H23N7. The van der Waals surface area contributed by atoms with E-state index in [1.54, 1.807) is 0 Å². The Kier molecular flexibility index (Phi) is 4.74. The first-order chi connectivity index (χ1) is 10.1. The topological polar surface area (TPSA) is 98.9 Å². The van der Waals surface area contributed by atoms with Crippen molar-refractivity contribution in [2.75, 3.05) is 30.8 Å². The summed E-state index contributed by atoms with van der Waals surface area (Å²) in [4.78, 5) is 10.9. The fourth-order valence-electron chi connectivity index (χ4n) is 2.38. The fourth-order valence-corrected chi connectivity index (χ4v) is 2.38. The average molecular weight is 289 g/mol. The van der Waals surface area contributed by atoms with Gasteiger partial charge in [-0.05, 0) is 32.9 Å². The first kappa shape index (κ1) is 15.2. The summed E-state index contributed by atoms with van der Waals surface area (Å²) in [5.74, 6) is 1.21. The Hall–Kier alpha value is -2.15. The zero-order valence-electron chi connectivity index (χ0n) is 12.9. The molecule has 0 amide bonds. The van der Waals surface area contributed by atoms with Gasteiger partial charge in [0.1, 0.15) is 11.5 Å². The molecule has 2 aromatic heterocycles. The Morgan fingerprint density at radius 1 is 1.05 bits per heavy atom. The van der Waals surface area contributed by atoms with Crippen molar-refractivity contribution in [2.45, 2.75) is 19.8 Å². The molecule has 0 bridgehead atoms. The van der Waals surface area contributed by atoms with Gasteiger partial charge < -0.3 is 16.4 Å². The third-order valence-corrected chi connectivity index (χ3v) is 3.54. The smallest absolute Gasteiger partial charge is 0.222 e. The number of hydrogen-bond donors (Lipinski definition) is 2. The summed E-state index contributed by atoms with van der Waals surface area (Å²) in [6.45, 7) is 4.09. The molecule has 114 valence electrons. The van der Waals surface area contributed by atoms with E-state index >= 15 is 0 Å². The number of anilines is 2. The number of hydrogen-bond acceptors (Lipinski definition) is 6. The summed E-state index contributed by atoms with van der Waals surface area (Å²) < 4.78 is 1.84. The molecule has 0 saturated carbocycles. The highest BCUT2D eigenvalue weighted by Crippen LogP contribution is 2.24. The van der Waals surface area contributed by atoms with Gasteiger partial charge in [-0.15, -0.1) is 0 Å². The molecule has 7 heteroatoms. The van der Waals surface area contributed by atoms with Gasteiger partial charge in [0.05, 0.1) is 5.69 Å². The van der Waals surface area contributed by atoms with Crippen molar-refractivity contribution in [2.24, 2.45) is 12.8 Å². The molecule has 0 atom stereocenters. The Balaban J connectivity index is 0.000000774. The highest BCUT2D eigenvalue weighted by Gasteiger charge is 2.16. The third-order valence-electron chi connectivity index (χ3n) is 3.54. The van der Waals surface area contributed by atoms with Crippen LogP contribution in [0.2, 0.25) is 0 Å². The number of aromatic nitrogens is 4. The number of aryl methyl sites for hydroxylation is 2. The van der Waals surface area contributed by atoms with Crippen molar-refractivity contribution in [1.82, 2.24) is 19.7 Å². The summed E-state index contributed by atoms with van der Waals surface area (Å²) in [6.07, 6.45) is 2.42. The Labute approximate surface area is 125 Å². The zero-order valence-corrected chi connectivity index (χ0v) is 12.9. The Bertz CT molecular complexity index is 580. The lowest BCUT2D eigenvalue weighted by Crippen LogP contribution is -2.19. The molecule has 2 aromatic rings. The molecule has 0 spiro atoms. The van der Waals surface area contributed by atoms with Crippen LogP contribution in [0.5, 0.6) is 0 Å². The summed E-state index contributed by atoms with van der Waals surface area (Å²) in [7, 11) is 3.42. The van der Waals surface area contributed by atoms with Gasteiger partial charge in [0, 0.05) is 31.9 Å². The van der Waals surface area contributed by atoms with Crippen LogP contribution in [0.1, 0.15) is 18.5 Å². The molecule has 0 aromatic carbocycles. The summed E-state index contributed by atoms with van der Waals surface area (Å²) >= 11 is 0. The summed E-state index contributed by atoms with van der Waals surface area (Å²) in [5, 5.41) is 4.44. The predicted molar refractivity (Wildman–Crippen MR) is 84.9 cm³/mol. The molecule has 0 radical (unpaired) electrons. The molecule has 0 unspecified atom stereocenters. The fraction of sp³-hybridized carbons (Fsp3) is 0.500. The SMILES string of the molecule is CN.Cc1cc(-c2cc(N3CCCC3)nc(N)n2)nn1C. The van der Waals surface area contributed by atoms with Crippen LogP contribution in [0, 0.1) is 6.92 Å². The van der Waals surface area contributed by atoms with Gasteiger partial charge in [-0.25, -0.2) is 4.98 Å². The zero-order chi connectivity index (χ0) is 15.4. The molecule has 3 rings (SSSR count). The van der Waals surface area contributed by atoms with Crippen LogP contribution < -0.4 is 16.4 Å². The maximum Gasteiger partial charge on any atom is 0.222 e. The van der Waals surface area contributed by atoms with Gasteiger partial charge in [-0.3, -0.25) is 4.68 Å². The van der Waals surface area contributed by atoms with Crippen molar-refractivity contribution in [3.63, 3.8) is 0 Å². The molecule has 7 nitrogen and oxygen atoms in total. The number of nitrogen functional groups attached to an aromatic ring is 1. The normalized spacial score (nSPS) is 14.0. The van der Waals surface area contributed by atoms with E-state index in [-0.39, 0.29) is 0 Å². The van der Waals surface area contributed by atoms with Crippen molar-refractivity contribution in [3.8, 4) is 11.4 Å². The largest absolute Gasteiger partial charge is 0.368 e. The quantitative estimate of drug-likeness (QED) is 0.853. The maximum absolute atomic E-state index is 5.83. The minimum atomic E-state index is 0.308. The minimum absolute atomic E-state index is 0.308. The Morgan fingerprint density at radius 2 is 1.71 bits per heavy atom. The first-order valence-corrected chi connectivity index (χ1v) is 7.12. The number of nitrogens with two attached hydrogens (primary N) is 2. The van der Waals surface area contributed by atoms with Gasteiger partial charge >= 0.3 is 0 Å². The van der Waals surface area contributed by atoms with Crippen molar-refractivity contribution >= 4 is 11.8 Å². The van der Waals surface area contributed by atoms with Gasteiger partial charge in [0.15, 0.2) is 0 Å². The third kappa shape index (κ3) is 3.30. The monoisotopic (exact) mass is 289 g/mol. The predicted octanol–water partition coefficient (Wildman–Crippen LogP) is 0.943. The summed E-state index contributed by atoms with van der Waals surface area (Å²) in [5.41, 5.74) is 13.1. The van der Waals surface area contributed by atoms with E-state index in [2.05, 4.69) is 25.7 Å². The van der Waals surface area contributed by atoms with Crippen LogP contribution in [-0.2, 0) is 7.05 Å². The van der Waals surface area contributed by atoms with Gasteiger partial charge in [-0.1, -0.05) is 0 Å². The number of rotatable bonds is 2. The molecule has 0 aliphatic carbocycles. The second kappa shape index (κ2) is 6.53. The van der Waals surface area contributed by atoms with Crippen LogP contribution in [0.4, 0.5) is 11.8 Å². The van der Waals surface area contributed by atoms with Gasteiger partial charge in [-0.2, -0.15) is 10.1 Å². The van der Waals surface area contributed by atoms with Crippen molar-refractivity contribution in [1.29, 1.82) is 0 Å². The van der Waals surface area contributed by atoms with E-state index in [1.807, 2.05) is 30.8 Å². The average Bonchev–Trinajstić information content (AvgIpc) is 3.11. The molecule has 4 N–H and O–H groups in total.